The van der Waals surface area contributed by atoms with Crippen LogP contribution in [0.1, 0.15) is 39.5 Å². The third kappa shape index (κ3) is 2.36. The zero-order valence-corrected chi connectivity index (χ0v) is 11.1. The molecule has 5 nitrogen and oxygen atoms in total. The average Bonchev–Trinajstić information content (AvgIpc) is 3.11. The molecule has 2 rings (SSSR count). The number of carbonyl (C=O) groups excluding carboxylic acids is 1. The lowest BCUT2D eigenvalue weighted by atomic mass is 9.88. The second-order valence-electron chi connectivity index (χ2n) is 6.04. The Balaban J connectivity index is 2.14. The van der Waals surface area contributed by atoms with Crippen molar-refractivity contribution in [3.63, 3.8) is 0 Å². The summed E-state index contributed by atoms with van der Waals surface area (Å²) in [5, 5.41) is 9.26. The Hall–Kier alpha value is -1.10. The smallest absolute Gasteiger partial charge is 0.326 e. The molecule has 3 unspecified atom stereocenters. The van der Waals surface area contributed by atoms with E-state index in [0.29, 0.717) is 18.9 Å². The lowest BCUT2D eigenvalue weighted by molar-refractivity contribution is -0.155. The summed E-state index contributed by atoms with van der Waals surface area (Å²) in [4.78, 5) is 25.2. The Morgan fingerprint density at radius 2 is 1.94 bits per heavy atom. The first kappa shape index (κ1) is 13.3. The van der Waals surface area contributed by atoms with Crippen LogP contribution in [0.2, 0.25) is 0 Å². The molecule has 1 saturated carbocycles. The van der Waals surface area contributed by atoms with Crippen LogP contribution in [0.4, 0.5) is 0 Å². The summed E-state index contributed by atoms with van der Waals surface area (Å²) in [6.07, 6.45) is 3.33. The fourth-order valence-corrected chi connectivity index (χ4v) is 2.79. The number of carboxylic acids is 1. The van der Waals surface area contributed by atoms with Gasteiger partial charge in [-0.05, 0) is 44.4 Å². The minimum absolute atomic E-state index is 0.190. The highest BCUT2D eigenvalue weighted by molar-refractivity contribution is 5.90. The Bertz CT molecular complexity index is 363. The highest BCUT2D eigenvalue weighted by Gasteiger charge is 2.48. The summed E-state index contributed by atoms with van der Waals surface area (Å²) in [5.41, 5.74) is 5.21. The van der Waals surface area contributed by atoms with E-state index in [4.69, 9.17) is 5.73 Å². The molecule has 1 aliphatic heterocycles. The van der Waals surface area contributed by atoms with Gasteiger partial charge in [-0.25, -0.2) is 4.79 Å². The highest BCUT2D eigenvalue weighted by atomic mass is 16.4. The van der Waals surface area contributed by atoms with Gasteiger partial charge in [-0.15, -0.1) is 0 Å². The first-order valence-electron chi connectivity index (χ1n) is 6.66. The number of nitrogens with two attached hydrogens (primary N) is 1. The SMILES string of the molecule is CC1CCN(C(=O)C(C)(N)C2CC2)C(C(=O)O)C1. The molecule has 0 bridgehead atoms. The average molecular weight is 254 g/mol. The third-order valence-corrected chi connectivity index (χ3v) is 4.30. The number of hydrogen-bond acceptors (Lipinski definition) is 3. The molecule has 0 aromatic heterocycles. The maximum atomic E-state index is 12.5. The Labute approximate surface area is 107 Å². The van der Waals surface area contributed by atoms with E-state index >= 15 is 0 Å². The standard InChI is InChI=1S/C13H22N2O3/c1-8-5-6-15(10(7-8)11(16)17)12(18)13(2,14)9-3-4-9/h8-10H,3-7,14H2,1-2H3,(H,16,17). The fourth-order valence-electron chi connectivity index (χ4n) is 2.79. The van der Waals surface area contributed by atoms with Gasteiger partial charge in [-0.3, -0.25) is 4.79 Å². The fraction of sp³-hybridized carbons (Fsp3) is 0.846. The van der Waals surface area contributed by atoms with Crippen LogP contribution < -0.4 is 5.73 Å². The maximum absolute atomic E-state index is 12.5. The summed E-state index contributed by atoms with van der Waals surface area (Å²) in [6, 6.07) is -0.706. The number of likely N-dealkylation sites (tertiary alicyclic amines) is 1. The van der Waals surface area contributed by atoms with Crippen LogP contribution in [0.5, 0.6) is 0 Å². The lowest BCUT2D eigenvalue weighted by Gasteiger charge is -2.40. The van der Waals surface area contributed by atoms with Crippen molar-refractivity contribution in [3.8, 4) is 0 Å². The van der Waals surface area contributed by atoms with E-state index in [9.17, 15) is 14.7 Å². The summed E-state index contributed by atoms with van der Waals surface area (Å²) in [6.45, 7) is 4.28. The normalized spacial score (nSPS) is 31.8. The van der Waals surface area contributed by atoms with Gasteiger partial charge in [0.1, 0.15) is 6.04 Å². The van der Waals surface area contributed by atoms with Crippen molar-refractivity contribution >= 4 is 11.9 Å². The van der Waals surface area contributed by atoms with Gasteiger partial charge >= 0.3 is 5.97 Å². The number of hydrogen-bond donors (Lipinski definition) is 2. The van der Waals surface area contributed by atoms with Crippen LogP contribution in [-0.4, -0.2) is 40.0 Å². The zero-order valence-electron chi connectivity index (χ0n) is 11.1. The summed E-state index contributed by atoms with van der Waals surface area (Å²) < 4.78 is 0. The summed E-state index contributed by atoms with van der Waals surface area (Å²) in [5.74, 6) is -0.537. The van der Waals surface area contributed by atoms with E-state index in [1.165, 1.54) is 4.90 Å². The largest absolute Gasteiger partial charge is 0.480 e. The van der Waals surface area contributed by atoms with Crippen LogP contribution in [0.3, 0.4) is 0 Å². The molecule has 3 N–H and O–H groups in total. The number of rotatable bonds is 3. The molecule has 2 fully saturated rings. The number of amides is 1. The number of carbonyl (C=O) groups is 2. The van der Waals surface area contributed by atoms with Gasteiger partial charge in [0.2, 0.25) is 5.91 Å². The number of nitrogens with zero attached hydrogens (tertiary/aromatic N) is 1. The van der Waals surface area contributed by atoms with Crippen LogP contribution in [0.25, 0.3) is 0 Å². The number of carboxylic acid groups (broad SMARTS) is 1. The first-order chi connectivity index (χ1) is 8.34. The summed E-state index contributed by atoms with van der Waals surface area (Å²) >= 11 is 0. The number of piperidine rings is 1. The predicted molar refractivity (Wildman–Crippen MR) is 66.9 cm³/mol. The molecule has 1 aliphatic carbocycles. The second kappa shape index (κ2) is 4.53. The van der Waals surface area contributed by atoms with Gasteiger partial charge in [-0.1, -0.05) is 6.92 Å². The predicted octanol–water partition coefficient (Wildman–Crippen LogP) is 0.825. The van der Waals surface area contributed by atoms with Crippen LogP contribution in [0, 0.1) is 11.8 Å². The van der Waals surface area contributed by atoms with Crippen molar-refractivity contribution in [1.82, 2.24) is 4.90 Å². The zero-order chi connectivity index (χ0) is 13.5. The minimum Gasteiger partial charge on any atom is -0.480 e. The molecule has 0 radical (unpaired) electrons. The van der Waals surface area contributed by atoms with E-state index < -0.39 is 17.6 Å². The van der Waals surface area contributed by atoms with Gasteiger partial charge in [0.25, 0.3) is 0 Å². The minimum atomic E-state index is -0.915. The molecule has 0 aromatic carbocycles. The van der Waals surface area contributed by atoms with E-state index in [0.717, 1.165) is 19.3 Å². The lowest BCUT2D eigenvalue weighted by Crippen LogP contribution is -2.60. The van der Waals surface area contributed by atoms with Crippen LogP contribution >= 0.6 is 0 Å². The highest BCUT2D eigenvalue weighted by Crippen LogP contribution is 2.40. The molecule has 5 heteroatoms. The molecule has 1 amide bonds. The van der Waals surface area contributed by atoms with Crippen molar-refractivity contribution in [3.05, 3.63) is 0 Å². The quantitative estimate of drug-likeness (QED) is 0.781. The molecule has 0 spiro atoms. The molecule has 18 heavy (non-hydrogen) atoms. The third-order valence-electron chi connectivity index (χ3n) is 4.30. The molecule has 2 aliphatic rings. The van der Waals surface area contributed by atoms with Gasteiger partial charge in [-0.2, -0.15) is 0 Å². The van der Waals surface area contributed by atoms with E-state index in [1.54, 1.807) is 6.92 Å². The summed E-state index contributed by atoms with van der Waals surface area (Å²) in [7, 11) is 0. The van der Waals surface area contributed by atoms with E-state index in [-0.39, 0.29) is 11.8 Å². The molecular weight excluding hydrogens is 232 g/mol. The van der Waals surface area contributed by atoms with Crippen molar-refractivity contribution in [2.24, 2.45) is 17.6 Å². The molecule has 1 heterocycles. The van der Waals surface area contributed by atoms with Gasteiger partial charge < -0.3 is 15.7 Å². The molecule has 0 aromatic rings. The first-order valence-corrected chi connectivity index (χ1v) is 6.66. The van der Waals surface area contributed by atoms with Gasteiger partial charge in [0, 0.05) is 6.54 Å². The molecule has 102 valence electrons. The molecule has 1 saturated heterocycles. The Kier molecular flexibility index (Phi) is 3.36. The van der Waals surface area contributed by atoms with Gasteiger partial charge in [0.05, 0.1) is 5.54 Å². The van der Waals surface area contributed by atoms with Gasteiger partial charge in [0.15, 0.2) is 0 Å². The van der Waals surface area contributed by atoms with Crippen molar-refractivity contribution < 1.29 is 14.7 Å². The monoisotopic (exact) mass is 254 g/mol. The van der Waals surface area contributed by atoms with Crippen LogP contribution in [-0.2, 0) is 9.59 Å². The van der Waals surface area contributed by atoms with E-state index in [2.05, 4.69) is 0 Å². The topological polar surface area (TPSA) is 83.6 Å². The van der Waals surface area contributed by atoms with Crippen molar-refractivity contribution in [2.45, 2.75) is 51.1 Å². The van der Waals surface area contributed by atoms with Crippen LogP contribution in [0.15, 0.2) is 0 Å². The van der Waals surface area contributed by atoms with E-state index in [1.807, 2.05) is 6.92 Å². The Morgan fingerprint density at radius 3 is 2.44 bits per heavy atom. The van der Waals surface area contributed by atoms with Crippen molar-refractivity contribution in [2.75, 3.05) is 6.54 Å². The maximum Gasteiger partial charge on any atom is 0.326 e. The Morgan fingerprint density at radius 1 is 1.33 bits per heavy atom. The van der Waals surface area contributed by atoms with Crippen molar-refractivity contribution in [1.29, 1.82) is 0 Å². The second-order valence-corrected chi connectivity index (χ2v) is 6.04. The number of aliphatic carboxylic acids is 1. The molecule has 3 atom stereocenters. The molecular formula is C13H22N2O3.